The van der Waals surface area contributed by atoms with Crippen LogP contribution >= 0.6 is 0 Å². The molecule has 0 radical (unpaired) electrons. The van der Waals surface area contributed by atoms with Gasteiger partial charge in [-0.3, -0.25) is 4.79 Å². The van der Waals surface area contributed by atoms with Crippen molar-refractivity contribution in [2.75, 3.05) is 5.32 Å². The number of hydrogen-bond acceptors (Lipinski definition) is 2. The molecule has 3 aromatic rings. The van der Waals surface area contributed by atoms with Gasteiger partial charge in [-0.05, 0) is 24.3 Å². The number of ether oxygens (including phenoxy) is 1. The van der Waals surface area contributed by atoms with E-state index in [1.165, 1.54) is 0 Å². The third-order valence-corrected chi connectivity index (χ3v) is 4.13. The van der Waals surface area contributed by atoms with Crippen LogP contribution in [0.5, 0.6) is 11.5 Å². The minimum atomic E-state index is -0.691. The number of rotatable bonds is 2. The number of hydrogen-bond donors (Lipinski definition) is 1. The summed E-state index contributed by atoms with van der Waals surface area (Å²) in [4.78, 5) is 12.9. The van der Waals surface area contributed by atoms with E-state index in [4.69, 9.17) is 4.74 Å². The van der Waals surface area contributed by atoms with E-state index in [0.717, 1.165) is 18.2 Å². The Kier molecular flexibility index (Phi) is 3.69. The minimum absolute atomic E-state index is 0.188. The normalized spacial score (nSPS) is 12.7. The molecule has 0 spiro atoms. The molecule has 1 N–H and O–H groups in total. The maximum Gasteiger partial charge on any atom is 0.236 e. The van der Waals surface area contributed by atoms with E-state index in [2.05, 4.69) is 5.32 Å². The van der Waals surface area contributed by atoms with Gasteiger partial charge in [-0.1, -0.05) is 36.4 Å². The average molecular weight is 337 g/mol. The number of fused-ring (bicyclic) bond motifs is 2. The van der Waals surface area contributed by atoms with Crippen molar-refractivity contribution in [2.24, 2.45) is 0 Å². The molecule has 0 fully saturated rings. The van der Waals surface area contributed by atoms with Crippen molar-refractivity contribution in [3.05, 3.63) is 89.5 Å². The average Bonchev–Trinajstić information content (AvgIpc) is 2.62. The number of carbonyl (C=O) groups is 1. The van der Waals surface area contributed by atoms with Gasteiger partial charge in [0.15, 0.2) is 0 Å². The molecule has 1 amide bonds. The van der Waals surface area contributed by atoms with E-state index in [9.17, 15) is 13.6 Å². The number of para-hydroxylation sites is 2. The van der Waals surface area contributed by atoms with Crippen LogP contribution in [0.1, 0.15) is 17.0 Å². The highest BCUT2D eigenvalue weighted by atomic mass is 19.1. The van der Waals surface area contributed by atoms with E-state index >= 15 is 0 Å². The number of amides is 1. The molecule has 0 aromatic heterocycles. The highest BCUT2D eigenvalue weighted by Crippen LogP contribution is 2.44. The Morgan fingerprint density at radius 3 is 2.12 bits per heavy atom. The molecule has 5 heteroatoms. The van der Waals surface area contributed by atoms with Crippen molar-refractivity contribution in [3.63, 3.8) is 0 Å². The van der Waals surface area contributed by atoms with Crippen molar-refractivity contribution >= 4 is 11.6 Å². The first-order valence-corrected chi connectivity index (χ1v) is 7.75. The van der Waals surface area contributed by atoms with Crippen LogP contribution in [0.25, 0.3) is 0 Å². The first kappa shape index (κ1) is 15.3. The van der Waals surface area contributed by atoms with Gasteiger partial charge in [-0.15, -0.1) is 0 Å². The summed E-state index contributed by atoms with van der Waals surface area (Å²) in [6.45, 7) is 0. The Labute approximate surface area is 142 Å². The highest BCUT2D eigenvalue weighted by molar-refractivity contribution is 5.99. The molecular formula is C20H13F2NO2. The molecule has 0 atom stereocenters. The Morgan fingerprint density at radius 1 is 0.880 bits per heavy atom. The van der Waals surface area contributed by atoms with Crippen LogP contribution in [0.4, 0.5) is 14.5 Å². The smallest absolute Gasteiger partial charge is 0.236 e. The molecule has 0 aliphatic carbocycles. The molecule has 1 aliphatic rings. The standard InChI is InChI=1S/C20H13F2NO2/c21-12-9-10-15(22)16(11-12)23-20(24)19-13-5-1-3-7-17(13)25-18-8-4-2-6-14(18)19/h1-11,19H,(H,23,24). The summed E-state index contributed by atoms with van der Waals surface area (Å²) >= 11 is 0. The summed E-state index contributed by atoms with van der Waals surface area (Å²) in [5, 5.41) is 2.49. The van der Waals surface area contributed by atoms with Gasteiger partial charge in [-0.25, -0.2) is 8.78 Å². The lowest BCUT2D eigenvalue weighted by atomic mass is 9.87. The van der Waals surface area contributed by atoms with Crippen molar-refractivity contribution < 1.29 is 18.3 Å². The lowest BCUT2D eigenvalue weighted by Crippen LogP contribution is -2.25. The predicted octanol–water partition coefficient (Wildman–Crippen LogP) is 4.84. The summed E-state index contributed by atoms with van der Waals surface area (Å²) in [5.41, 5.74) is 1.16. The van der Waals surface area contributed by atoms with E-state index < -0.39 is 23.5 Å². The maximum absolute atomic E-state index is 13.9. The molecule has 0 saturated carbocycles. The maximum atomic E-state index is 13.9. The SMILES string of the molecule is O=C(Nc1cc(F)ccc1F)C1c2ccccc2Oc2ccccc21. The second kappa shape index (κ2) is 6.02. The lowest BCUT2D eigenvalue weighted by Gasteiger charge is -2.27. The fourth-order valence-electron chi connectivity index (χ4n) is 2.99. The number of anilines is 1. The van der Waals surface area contributed by atoms with Crippen molar-refractivity contribution in [1.29, 1.82) is 0 Å². The molecule has 3 aromatic carbocycles. The topological polar surface area (TPSA) is 38.3 Å². The third kappa shape index (κ3) is 2.74. The summed E-state index contributed by atoms with van der Waals surface area (Å²) in [6, 6.07) is 17.3. The zero-order valence-corrected chi connectivity index (χ0v) is 13.0. The van der Waals surface area contributed by atoms with Gasteiger partial charge < -0.3 is 10.1 Å². The van der Waals surface area contributed by atoms with Crippen LogP contribution < -0.4 is 10.1 Å². The van der Waals surface area contributed by atoms with E-state index in [1.807, 2.05) is 12.1 Å². The van der Waals surface area contributed by atoms with Crippen molar-refractivity contribution in [2.45, 2.75) is 5.92 Å². The molecule has 0 bridgehead atoms. The fraction of sp³-hybridized carbons (Fsp3) is 0.0500. The van der Waals surface area contributed by atoms with Gasteiger partial charge in [0.1, 0.15) is 23.1 Å². The first-order valence-electron chi connectivity index (χ1n) is 7.75. The molecule has 1 heterocycles. The third-order valence-electron chi connectivity index (χ3n) is 4.13. The van der Waals surface area contributed by atoms with Crippen molar-refractivity contribution in [1.82, 2.24) is 0 Å². The second-order valence-electron chi connectivity index (χ2n) is 5.72. The molecule has 0 saturated heterocycles. The molecule has 0 unspecified atom stereocenters. The zero-order valence-electron chi connectivity index (χ0n) is 13.0. The highest BCUT2D eigenvalue weighted by Gasteiger charge is 2.32. The first-order chi connectivity index (χ1) is 12.1. The summed E-state index contributed by atoms with van der Waals surface area (Å²) in [5.74, 6) is -1.30. The Morgan fingerprint density at radius 2 is 1.48 bits per heavy atom. The lowest BCUT2D eigenvalue weighted by molar-refractivity contribution is -0.116. The minimum Gasteiger partial charge on any atom is -0.457 e. The van der Waals surface area contributed by atoms with Crippen molar-refractivity contribution in [3.8, 4) is 11.5 Å². The van der Waals surface area contributed by atoms with Crippen LogP contribution in [0.3, 0.4) is 0 Å². The fourth-order valence-corrected chi connectivity index (χ4v) is 2.99. The van der Waals surface area contributed by atoms with E-state index in [1.54, 1.807) is 36.4 Å². The van der Waals surface area contributed by atoms with Crippen LogP contribution in [0.15, 0.2) is 66.7 Å². The van der Waals surface area contributed by atoms with Crippen LogP contribution in [-0.2, 0) is 4.79 Å². The zero-order chi connectivity index (χ0) is 17.4. The number of benzene rings is 3. The van der Waals surface area contributed by atoms with Gasteiger partial charge in [-0.2, -0.15) is 0 Å². The van der Waals surface area contributed by atoms with Crippen LogP contribution in [0, 0.1) is 11.6 Å². The monoisotopic (exact) mass is 337 g/mol. The van der Waals surface area contributed by atoms with Crippen LogP contribution in [-0.4, -0.2) is 5.91 Å². The van der Waals surface area contributed by atoms with E-state index in [0.29, 0.717) is 22.6 Å². The quantitative estimate of drug-likeness (QED) is 0.726. The molecular weight excluding hydrogens is 324 g/mol. The van der Waals surface area contributed by atoms with Gasteiger partial charge in [0.2, 0.25) is 5.91 Å². The number of carbonyl (C=O) groups excluding carboxylic acids is 1. The molecule has 1 aliphatic heterocycles. The van der Waals surface area contributed by atoms with Gasteiger partial charge in [0.25, 0.3) is 0 Å². The Hall–Kier alpha value is -3.21. The summed E-state index contributed by atoms with van der Waals surface area (Å²) in [7, 11) is 0. The number of nitrogens with one attached hydrogen (secondary N) is 1. The van der Waals surface area contributed by atoms with Gasteiger partial charge >= 0.3 is 0 Å². The molecule has 4 rings (SSSR count). The predicted molar refractivity (Wildman–Crippen MR) is 89.8 cm³/mol. The summed E-state index contributed by atoms with van der Waals surface area (Å²) < 4.78 is 33.1. The number of halogens is 2. The summed E-state index contributed by atoms with van der Waals surface area (Å²) in [6.07, 6.45) is 0. The Bertz CT molecular complexity index is 926. The van der Waals surface area contributed by atoms with Gasteiger partial charge in [0, 0.05) is 17.2 Å². The molecule has 3 nitrogen and oxygen atoms in total. The second-order valence-corrected chi connectivity index (χ2v) is 5.72. The molecule has 124 valence electrons. The van der Waals surface area contributed by atoms with Gasteiger partial charge in [0.05, 0.1) is 11.6 Å². The largest absolute Gasteiger partial charge is 0.457 e. The Balaban J connectivity index is 1.76. The molecule has 25 heavy (non-hydrogen) atoms. The van der Waals surface area contributed by atoms with E-state index in [-0.39, 0.29) is 5.69 Å². The van der Waals surface area contributed by atoms with Crippen LogP contribution in [0.2, 0.25) is 0 Å².